The lowest BCUT2D eigenvalue weighted by Gasteiger charge is -2.33. The SMILES string of the molecule is CC(C)(C)NCC1(OCc2cccc(Cl)c2)CCCC1. The van der Waals surface area contributed by atoms with Gasteiger partial charge in [-0.25, -0.2) is 0 Å². The highest BCUT2D eigenvalue weighted by Crippen LogP contribution is 2.34. The molecule has 0 spiro atoms. The lowest BCUT2D eigenvalue weighted by atomic mass is 9.99. The van der Waals surface area contributed by atoms with Crippen molar-refractivity contribution in [3.63, 3.8) is 0 Å². The average molecular weight is 296 g/mol. The maximum absolute atomic E-state index is 6.31. The Kier molecular flexibility index (Phi) is 5.11. The fourth-order valence-electron chi connectivity index (χ4n) is 2.68. The van der Waals surface area contributed by atoms with Crippen molar-refractivity contribution < 1.29 is 4.74 Å². The predicted molar refractivity (Wildman–Crippen MR) is 85.2 cm³/mol. The maximum Gasteiger partial charge on any atom is 0.0811 e. The molecular weight excluding hydrogens is 270 g/mol. The highest BCUT2D eigenvalue weighted by molar-refractivity contribution is 6.30. The van der Waals surface area contributed by atoms with Gasteiger partial charge in [0.25, 0.3) is 0 Å². The van der Waals surface area contributed by atoms with E-state index in [1.165, 1.54) is 12.8 Å². The Labute approximate surface area is 127 Å². The summed E-state index contributed by atoms with van der Waals surface area (Å²) < 4.78 is 6.31. The molecule has 1 saturated carbocycles. The molecule has 0 aliphatic heterocycles. The minimum atomic E-state index is -0.00437. The van der Waals surface area contributed by atoms with E-state index in [0.29, 0.717) is 6.61 Å². The highest BCUT2D eigenvalue weighted by Gasteiger charge is 2.35. The number of benzene rings is 1. The first-order valence-electron chi connectivity index (χ1n) is 7.52. The van der Waals surface area contributed by atoms with E-state index >= 15 is 0 Å². The van der Waals surface area contributed by atoms with E-state index in [1.54, 1.807) is 0 Å². The van der Waals surface area contributed by atoms with Crippen molar-refractivity contribution in [1.82, 2.24) is 5.32 Å². The van der Waals surface area contributed by atoms with Crippen LogP contribution in [0.1, 0.15) is 52.0 Å². The van der Waals surface area contributed by atoms with Crippen LogP contribution in [-0.2, 0) is 11.3 Å². The van der Waals surface area contributed by atoms with Gasteiger partial charge in [-0.2, -0.15) is 0 Å². The van der Waals surface area contributed by atoms with Gasteiger partial charge in [0, 0.05) is 17.1 Å². The zero-order chi connectivity index (χ0) is 14.6. The number of hydrogen-bond donors (Lipinski definition) is 1. The van der Waals surface area contributed by atoms with Crippen LogP contribution in [0.5, 0.6) is 0 Å². The van der Waals surface area contributed by atoms with Crippen LogP contribution in [-0.4, -0.2) is 17.7 Å². The molecule has 0 atom stereocenters. The van der Waals surface area contributed by atoms with Crippen LogP contribution >= 0.6 is 11.6 Å². The summed E-state index contributed by atoms with van der Waals surface area (Å²) in [5.74, 6) is 0. The molecule has 0 bridgehead atoms. The number of ether oxygens (including phenoxy) is 1. The molecule has 0 heterocycles. The molecule has 112 valence electrons. The molecule has 0 unspecified atom stereocenters. The molecule has 1 fully saturated rings. The predicted octanol–water partition coefficient (Wildman–Crippen LogP) is 4.56. The second-order valence-electron chi connectivity index (χ2n) is 6.91. The summed E-state index contributed by atoms with van der Waals surface area (Å²) in [6, 6.07) is 7.94. The second kappa shape index (κ2) is 6.46. The summed E-state index contributed by atoms with van der Waals surface area (Å²) in [6.45, 7) is 8.18. The smallest absolute Gasteiger partial charge is 0.0811 e. The fraction of sp³-hybridized carbons (Fsp3) is 0.647. The topological polar surface area (TPSA) is 21.3 Å². The van der Waals surface area contributed by atoms with Crippen LogP contribution in [0.2, 0.25) is 5.02 Å². The van der Waals surface area contributed by atoms with Gasteiger partial charge in [-0.3, -0.25) is 0 Å². The van der Waals surface area contributed by atoms with Gasteiger partial charge in [0.2, 0.25) is 0 Å². The van der Waals surface area contributed by atoms with Crippen LogP contribution in [0.4, 0.5) is 0 Å². The molecule has 1 aromatic carbocycles. The van der Waals surface area contributed by atoms with Crippen LogP contribution in [0.3, 0.4) is 0 Å². The van der Waals surface area contributed by atoms with Crippen LogP contribution in [0.15, 0.2) is 24.3 Å². The third-order valence-electron chi connectivity index (χ3n) is 3.89. The summed E-state index contributed by atoms with van der Waals surface area (Å²) in [5.41, 5.74) is 1.28. The Hall–Kier alpha value is -0.570. The zero-order valence-electron chi connectivity index (χ0n) is 12.8. The molecule has 1 aromatic rings. The van der Waals surface area contributed by atoms with E-state index < -0.39 is 0 Å². The molecular formula is C17H26ClNO. The van der Waals surface area contributed by atoms with Gasteiger partial charge >= 0.3 is 0 Å². The third-order valence-corrected chi connectivity index (χ3v) is 4.12. The summed E-state index contributed by atoms with van der Waals surface area (Å²) >= 11 is 6.03. The molecule has 1 aliphatic rings. The van der Waals surface area contributed by atoms with E-state index in [-0.39, 0.29) is 11.1 Å². The van der Waals surface area contributed by atoms with E-state index in [4.69, 9.17) is 16.3 Å². The first-order chi connectivity index (χ1) is 9.39. The van der Waals surface area contributed by atoms with Gasteiger partial charge in [0.05, 0.1) is 12.2 Å². The van der Waals surface area contributed by atoms with Gasteiger partial charge in [0.15, 0.2) is 0 Å². The number of rotatable bonds is 5. The third kappa shape index (κ3) is 4.76. The van der Waals surface area contributed by atoms with Crippen molar-refractivity contribution in [3.05, 3.63) is 34.9 Å². The van der Waals surface area contributed by atoms with Gasteiger partial charge in [-0.15, -0.1) is 0 Å². The normalized spacial score (nSPS) is 18.4. The van der Waals surface area contributed by atoms with E-state index in [9.17, 15) is 0 Å². The standard InChI is InChI=1S/C17H26ClNO/c1-16(2,3)19-13-17(9-4-5-10-17)20-12-14-7-6-8-15(18)11-14/h6-8,11,19H,4-5,9-10,12-13H2,1-3H3. The van der Waals surface area contributed by atoms with Crippen molar-refractivity contribution >= 4 is 11.6 Å². The highest BCUT2D eigenvalue weighted by atomic mass is 35.5. The minimum absolute atomic E-state index is 0.00437. The monoisotopic (exact) mass is 295 g/mol. The van der Waals surface area contributed by atoms with Crippen molar-refractivity contribution in [2.45, 2.75) is 64.2 Å². The number of halogens is 1. The van der Waals surface area contributed by atoms with Crippen molar-refractivity contribution in [3.8, 4) is 0 Å². The Morgan fingerprint density at radius 1 is 1.25 bits per heavy atom. The fourth-order valence-corrected chi connectivity index (χ4v) is 2.89. The van der Waals surface area contributed by atoms with Gasteiger partial charge in [-0.05, 0) is 51.3 Å². The van der Waals surface area contributed by atoms with Crippen molar-refractivity contribution in [1.29, 1.82) is 0 Å². The molecule has 20 heavy (non-hydrogen) atoms. The maximum atomic E-state index is 6.31. The quantitative estimate of drug-likeness (QED) is 0.860. The summed E-state index contributed by atoms with van der Waals surface area (Å²) in [7, 11) is 0. The van der Waals surface area contributed by atoms with Crippen molar-refractivity contribution in [2.24, 2.45) is 0 Å². The van der Waals surface area contributed by atoms with Crippen molar-refractivity contribution in [2.75, 3.05) is 6.54 Å². The Morgan fingerprint density at radius 2 is 1.95 bits per heavy atom. The molecule has 2 nitrogen and oxygen atoms in total. The first-order valence-corrected chi connectivity index (χ1v) is 7.90. The molecule has 0 amide bonds. The summed E-state index contributed by atoms with van der Waals surface area (Å²) in [4.78, 5) is 0. The first kappa shape index (κ1) is 15.8. The average Bonchev–Trinajstić information content (AvgIpc) is 2.83. The summed E-state index contributed by atoms with van der Waals surface area (Å²) in [6.07, 6.45) is 4.83. The lowest BCUT2D eigenvalue weighted by molar-refractivity contribution is -0.0535. The number of hydrogen-bond acceptors (Lipinski definition) is 2. The second-order valence-corrected chi connectivity index (χ2v) is 7.35. The van der Waals surface area contributed by atoms with E-state index in [0.717, 1.165) is 30.0 Å². The molecule has 2 rings (SSSR count). The molecule has 1 aliphatic carbocycles. The molecule has 0 saturated heterocycles. The van der Waals surface area contributed by atoms with Gasteiger partial charge < -0.3 is 10.1 Å². The van der Waals surface area contributed by atoms with Crippen LogP contribution < -0.4 is 5.32 Å². The molecule has 0 radical (unpaired) electrons. The largest absolute Gasteiger partial charge is 0.369 e. The Balaban J connectivity index is 1.95. The summed E-state index contributed by atoms with van der Waals surface area (Å²) in [5, 5.41) is 4.38. The van der Waals surface area contributed by atoms with E-state index in [1.807, 2.05) is 18.2 Å². The zero-order valence-corrected chi connectivity index (χ0v) is 13.6. The van der Waals surface area contributed by atoms with Crippen LogP contribution in [0.25, 0.3) is 0 Å². The number of nitrogens with one attached hydrogen (secondary N) is 1. The molecule has 0 aromatic heterocycles. The molecule has 1 N–H and O–H groups in total. The Bertz CT molecular complexity index is 433. The Morgan fingerprint density at radius 3 is 2.55 bits per heavy atom. The minimum Gasteiger partial charge on any atom is -0.369 e. The molecule has 3 heteroatoms. The van der Waals surface area contributed by atoms with Gasteiger partial charge in [-0.1, -0.05) is 36.6 Å². The van der Waals surface area contributed by atoms with E-state index in [2.05, 4.69) is 32.2 Å². The lowest BCUT2D eigenvalue weighted by Crippen LogP contribution is -2.47. The van der Waals surface area contributed by atoms with Crippen LogP contribution in [0, 0.1) is 0 Å². The van der Waals surface area contributed by atoms with Gasteiger partial charge in [0.1, 0.15) is 0 Å².